The number of thiophene rings is 1. The summed E-state index contributed by atoms with van der Waals surface area (Å²) < 4.78 is 5.20. The van der Waals surface area contributed by atoms with Crippen LogP contribution in [-0.2, 0) is 0 Å². The summed E-state index contributed by atoms with van der Waals surface area (Å²) in [4.78, 5) is 17.1. The van der Waals surface area contributed by atoms with Gasteiger partial charge in [-0.2, -0.15) is 5.26 Å². The van der Waals surface area contributed by atoms with Crippen molar-refractivity contribution >= 4 is 34.0 Å². The Morgan fingerprint density at radius 1 is 1.31 bits per heavy atom. The quantitative estimate of drug-likeness (QED) is 0.626. The van der Waals surface area contributed by atoms with E-state index in [2.05, 4.69) is 21.7 Å². The van der Waals surface area contributed by atoms with Crippen molar-refractivity contribution in [3.8, 4) is 11.8 Å². The van der Waals surface area contributed by atoms with E-state index in [1.807, 2.05) is 29.6 Å². The number of amides is 1. The molecular weight excluding hydrogens is 348 g/mol. The van der Waals surface area contributed by atoms with Crippen LogP contribution in [0.15, 0.2) is 41.8 Å². The van der Waals surface area contributed by atoms with Gasteiger partial charge in [-0.15, -0.1) is 11.3 Å². The van der Waals surface area contributed by atoms with Crippen LogP contribution >= 0.6 is 11.3 Å². The number of nitrogens with one attached hydrogen (secondary N) is 2. The van der Waals surface area contributed by atoms with Crippen LogP contribution < -0.4 is 15.4 Å². The molecule has 0 radical (unpaired) electrons. The van der Waals surface area contributed by atoms with Crippen LogP contribution in [0, 0.1) is 11.3 Å². The summed E-state index contributed by atoms with van der Waals surface area (Å²) in [6, 6.07) is 13.2. The minimum absolute atomic E-state index is 0.0597. The summed E-state index contributed by atoms with van der Waals surface area (Å²) in [6.45, 7) is 1.16. The van der Waals surface area contributed by atoms with Crippen LogP contribution in [0.2, 0.25) is 0 Å². The zero-order chi connectivity index (χ0) is 18.4. The van der Waals surface area contributed by atoms with Crippen molar-refractivity contribution in [2.24, 2.45) is 0 Å². The van der Waals surface area contributed by atoms with Gasteiger partial charge in [-0.1, -0.05) is 6.07 Å². The summed E-state index contributed by atoms with van der Waals surface area (Å²) in [6.07, 6.45) is 0.727. The molecule has 0 atom stereocenters. The van der Waals surface area contributed by atoms with Crippen LogP contribution in [0.4, 0.5) is 5.82 Å². The lowest BCUT2D eigenvalue weighted by Gasteiger charge is -2.10. The van der Waals surface area contributed by atoms with Gasteiger partial charge >= 0.3 is 0 Å². The standard InChI is InChI=1S/C19H18N4O2S/c1-25-15-5-6-16-13(11-15)10-14(12-20)18(23-16)21-7-3-8-22-19(24)17-4-2-9-26-17/h2,4-6,9-11H,3,7-8H2,1H3,(H,21,23)(H,22,24). The van der Waals surface area contributed by atoms with E-state index in [1.54, 1.807) is 19.2 Å². The van der Waals surface area contributed by atoms with Gasteiger partial charge in [-0.05, 0) is 42.1 Å². The summed E-state index contributed by atoms with van der Waals surface area (Å²) >= 11 is 1.42. The maximum atomic E-state index is 11.9. The number of anilines is 1. The number of hydrogen-bond acceptors (Lipinski definition) is 6. The molecule has 6 nitrogen and oxygen atoms in total. The Kier molecular flexibility index (Phi) is 5.66. The number of hydrogen-bond donors (Lipinski definition) is 2. The van der Waals surface area contributed by atoms with Crippen molar-refractivity contribution in [3.63, 3.8) is 0 Å². The number of rotatable bonds is 7. The van der Waals surface area contributed by atoms with E-state index >= 15 is 0 Å². The van der Waals surface area contributed by atoms with E-state index in [9.17, 15) is 10.1 Å². The number of carbonyl (C=O) groups is 1. The molecule has 0 spiro atoms. The van der Waals surface area contributed by atoms with Gasteiger partial charge in [0.1, 0.15) is 17.6 Å². The Morgan fingerprint density at radius 2 is 2.19 bits per heavy atom. The second kappa shape index (κ2) is 8.32. The molecule has 3 rings (SSSR count). The smallest absolute Gasteiger partial charge is 0.261 e. The van der Waals surface area contributed by atoms with Gasteiger partial charge in [0.2, 0.25) is 0 Å². The van der Waals surface area contributed by atoms with E-state index in [-0.39, 0.29) is 5.91 Å². The number of methoxy groups -OCH3 is 1. The number of nitriles is 1. The van der Waals surface area contributed by atoms with E-state index in [0.29, 0.717) is 29.3 Å². The van der Waals surface area contributed by atoms with Gasteiger partial charge in [0, 0.05) is 18.5 Å². The molecule has 7 heteroatoms. The molecule has 0 aliphatic carbocycles. The molecule has 0 saturated heterocycles. The Labute approximate surface area is 155 Å². The molecular formula is C19H18N4O2S. The van der Waals surface area contributed by atoms with Gasteiger partial charge < -0.3 is 15.4 Å². The average Bonchev–Trinajstić information content (AvgIpc) is 3.21. The van der Waals surface area contributed by atoms with Gasteiger partial charge in [-0.3, -0.25) is 4.79 Å². The molecule has 132 valence electrons. The highest BCUT2D eigenvalue weighted by molar-refractivity contribution is 7.12. The molecule has 3 aromatic rings. The summed E-state index contributed by atoms with van der Waals surface area (Å²) in [7, 11) is 1.60. The zero-order valence-corrected chi connectivity index (χ0v) is 15.1. The summed E-state index contributed by atoms with van der Waals surface area (Å²) in [5, 5.41) is 18.2. The average molecular weight is 366 g/mol. The van der Waals surface area contributed by atoms with Crippen molar-refractivity contribution in [2.75, 3.05) is 25.5 Å². The van der Waals surface area contributed by atoms with E-state index in [0.717, 1.165) is 23.1 Å². The van der Waals surface area contributed by atoms with Crippen molar-refractivity contribution in [2.45, 2.75) is 6.42 Å². The maximum Gasteiger partial charge on any atom is 0.261 e. The Morgan fingerprint density at radius 3 is 2.92 bits per heavy atom. The fraction of sp³-hybridized carbons (Fsp3) is 0.211. The fourth-order valence-electron chi connectivity index (χ4n) is 2.49. The highest BCUT2D eigenvalue weighted by atomic mass is 32.1. The van der Waals surface area contributed by atoms with Gasteiger partial charge in [-0.25, -0.2) is 4.98 Å². The predicted octanol–water partition coefficient (Wildman–Crippen LogP) is 3.41. The summed E-state index contributed by atoms with van der Waals surface area (Å²) in [5.74, 6) is 1.22. The number of pyridine rings is 1. The van der Waals surface area contributed by atoms with Crippen molar-refractivity contribution in [3.05, 3.63) is 52.2 Å². The molecule has 0 unspecified atom stereocenters. The lowest BCUT2D eigenvalue weighted by Crippen LogP contribution is -2.25. The number of ether oxygens (including phenoxy) is 1. The number of benzene rings is 1. The number of nitrogens with zero attached hydrogens (tertiary/aromatic N) is 2. The number of fused-ring (bicyclic) bond motifs is 1. The second-order valence-corrected chi connectivity index (χ2v) is 6.52. The first kappa shape index (κ1) is 17.7. The van der Waals surface area contributed by atoms with E-state index in [1.165, 1.54) is 11.3 Å². The number of carbonyl (C=O) groups excluding carboxylic acids is 1. The molecule has 1 amide bonds. The Balaban J connectivity index is 1.58. The molecule has 1 aromatic carbocycles. The summed E-state index contributed by atoms with van der Waals surface area (Å²) in [5.41, 5.74) is 1.27. The fourth-order valence-corrected chi connectivity index (χ4v) is 3.13. The van der Waals surface area contributed by atoms with Crippen LogP contribution in [0.1, 0.15) is 21.7 Å². The lowest BCUT2D eigenvalue weighted by atomic mass is 10.1. The molecule has 2 N–H and O–H groups in total. The highest BCUT2D eigenvalue weighted by Crippen LogP contribution is 2.24. The third-order valence-corrected chi connectivity index (χ3v) is 4.69. The molecule has 0 fully saturated rings. The maximum absolute atomic E-state index is 11.9. The molecule has 0 aliphatic rings. The van der Waals surface area contributed by atoms with Gasteiger partial charge in [0.05, 0.1) is 23.1 Å². The molecule has 0 aliphatic heterocycles. The largest absolute Gasteiger partial charge is 0.497 e. The van der Waals surface area contributed by atoms with Gasteiger partial charge in [0.25, 0.3) is 5.91 Å². The number of aromatic nitrogens is 1. The third-order valence-electron chi connectivity index (χ3n) is 3.82. The second-order valence-electron chi connectivity index (χ2n) is 5.57. The molecule has 2 heterocycles. The minimum atomic E-state index is -0.0597. The molecule has 2 aromatic heterocycles. The zero-order valence-electron chi connectivity index (χ0n) is 14.3. The molecule has 0 bridgehead atoms. The van der Waals surface area contributed by atoms with Crippen LogP contribution in [0.25, 0.3) is 10.9 Å². The minimum Gasteiger partial charge on any atom is -0.497 e. The van der Waals surface area contributed by atoms with Crippen LogP contribution in [0.3, 0.4) is 0 Å². The lowest BCUT2D eigenvalue weighted by molar-refractivity contribution is 0.0957. The Hall–Kier alpha value is -3.11. The molecule has 0 saturated carbocycles. The van der Waals surface area contributed by atoms with Crippen molar-refractivity contribution < 1.29 is 9.53 Å². The predicted molar refractivity (Wildman–Crippen MR) is 103 cm³/mol. The van der Waals surface area contributed by atoms with E-state index < -0.39 is 0 Å². The van der Waals surface area contributed by atoms with Crippen LogP contribution in [-0.4, -0.2) is 31.1 Å². The monoisotopic (exact) mass is 366 g/mol. The third kappa shape index (κ3) is 4.10. The Bertz CT molecular complexity index is 948. The SMILES string of the molecule is COc1ccc2nc(NCCCNC(=O)c3cccs3)c(C#N)cc2c1. The topological polar surface area (TPSA) is 87.0 Å². The van der Waals surface area contributed by atoms with Gasteiger partial charge in [0.15, 0.2) is 0 Å². The van der Waals surface area contributed by atoms with Crippen molar-refractivity contribution in [1.29, 1.82) is 5.26 Å². The highest BCUT2D eigenvalue weighted by Gasteiger charge is 2.08. The molecule has 26 heavy (non-hydrogen) atoms. The van der Waals surface area contributed by atoms with Crippen LogP contribution in [0.5, 0.6) is 5.75 Å². The normalized spacial score (nSPS) is 10.3. The first-order chi connectivity index (χ1) is 12.7. The van der Waals surface area contributed by atoms with Crippen molar-refractivity contribution in [1.82, 2.24) is 10.3 Å². The van der Waals surface area contributed by atoms with E-state index in [4.69, 9.17) is 4.74 Å². The first-order valence-corrected chi connectivity index (χ1v) is 9.03. The first-order valence-electron chi connectivity index (χ1n) is 8.15.